The molecule has 2 rings (SSSR count). The maximum Gasteiger partial charge on any atom is 0.387 e. The molecule has 2 nitrogen and oxygen atoms in total. The first-order valence-electron chi connectivity index (χ1n) is 5.04. The van der Waals surface area contributed by atoms with Crippen LogP contribution in [0.2, 0.25) is 0 Å². The minimum absolute atomic E-state index is 0.131. The van der Waals surface area contributed by atoms with Crippen LogP contribution in [-0.4, -0.2) is 19.1 Å². The second kappa shape index (κ2) is 3.87. The topological polar surface area (TPSA) is 35.2 Å². The van der Waals surface area contributed by atoms with Gasteiger partial charge in [-0.1, -0.05) is 12.1 Å². The second-order valence-electron chi connectivity index (χ2n) is 4.07. The van der Waals surface area contributed by atoms with Gasteiger partial charge in [0.2, 0.25) is 0 Å². The Morgan fingerprint density at radius 2 is 2.00 bits per heavy atom. The first-order chi connectivity index (χ1) is 7.91. The Morgan fingerprint density at radius 3 is 2.47 bits per heavy atom. The average molecular weight is 249 g/mol. The van der Waals surface area contributed by atoms with Gasteiger partial charge in [0.15, 0.2) is 0 Å². The van der Waals surface area contributed by atoms with E-state index in [4.69, 9.17) is 5.73 Å². The highest BCUT2D eigenvalue weighted by molar-refractivity contribution is 5.42. The van der Waals surface area contributed by atoms with Crippen molar-refractivity contribution in [2.75, 3.05) is 6.54 Å². The monoisotopic (exact) mass is 249 g/mol. The molecule has 6 heteroatoms. The molecule has 1 aromatic carbocycles. The van der Waals surface area contributed by atoms with E-state index >= 15 is 0 Å². The van der Waals surface area contributed by atoms with Crippen molar-refractivity contribution in [2.45, 2.75) is 24.4 Å². The standard InChI is InChI=1S/C11H11F4NO/c12-9(13)17-8-3-1-2-7(4-8)10(6-16)5-11(10,14)15/h1-4,9H,5-6,16H2. The molecule has 0 heterocycles. The number of rotatable bonds is 4. The van der Waals surface area contributed by atoms with Crippen molar-refractivity contribution in [1.82, 2.24) is 0 Å². The van der Waals surface area contributed by atoms with E-state index in [0.29, 0.717) is 0 Å². The number of nitrogens with two attached hydrogens (primary N) is 1. The summed E-state index contributed by atoms with van der Waals surface area (Å²) < 4.78 is 54.7. The number of hydrogen-bond donors (Lipinski definition) is 1. The predicted molar refractivity (Wildman–Crippen MR) is 53.4 cm³/mol. The summed E-state index contributed by atoms with van der Waals surface area (Å²) in [5.74, 6) is -3.00. The first-order valence-corrected chi connectivity index (χ1v) is 5.04. The summed E-state index contributed by atoms with van der Waals surface area (Å²) in [6.45, 7) is -3.20. The molecule has 0 aliphatic heterocycles. The van der Waals surface area contributed by atoms with Crippen LogP contribution in [0.3, 0.4) is 0 Å². The van der Waals surface area contributed by atoms with Gasteiger partial charge in [-0.15, -0.1) is 0 Å². The van der Waals surface area contributed by atoms with Crippen molar-refractivity contribution in [3.05, 3.63) is 29.8 Å². The maximum atomic E-state index is 13.3. The molecule has 1 fully saturated rings. The molecule has 1 saturated carbocycles. The Labute approximate surface area is 95.4 Å². The van der Waals surface area contributed by atoms with Crippen molar-refractivity contribution in [3.8, 4) is 5.75 Å². The van der Waals surface area contributed by atoms with E-state index in [2.05, 4.69) is 4.74 Å². The maximum absolute atomic E-state index is 13.3. The van der Waals surface area contributed by atoms with Gasteiger partial charge in [-0.25, -0.2) is 8.78 Å². The Hall–Kier alpha value is -1.30. The molecule has 1 aliphatic carbocycles. The third-order valence-electron chi connectivity index (χ3n) is 3.06. The van der Waals surface area contributed by atoms with Crippen LogP contribution in [0.15, 0.2) is 24.3 Å². The van der Waals surface area contributed by atoms with Crippen LogP contribution in [0.4, 0.5) is 17.6 Å². The van der Waals surface area contributed by atoms with Crippen LogP contribution in [-0.2, 0) is 5.41 Å². The molecule has 1 aliphatic rings. The molecule has 2 N–H and O–H groups in total. The van der Waals surface area contributed by atoms with Gasteiger partial charge in [0.1, 0.15) is 5.75 Å². The molecule has 0 bridgehead atoms. The lowest BCUT2D eigenvalue weighted by Crippen LogP contribution is -2.26. The summed E-state index contributed by atoms with van der Waals surface area (Å²) in [5.41, 5.74) is 4.18. The molecule has 0 saturated heterocycles. The number of alkyl halides is 4. The van der Waals surface area contributed by atoms with Gasteiger partial charge in [0.25, 0.3) is 5.92 Å². The normalized spacial score (nSPS) is 26.0. The summed E-state index contributed by atoms with van der Waals surface area (Å²) in [6, 6.07) is 5.34. The second-order valence-corrected chi connectivity index (χ2v) is 4.07. The first kappa shape index (κ1) is 12.2. The number of benzene rings is 1. The van der Waals surface area contributed by atoms with Gasteiger partial charge in [-0.3, -0.25) is 0 Å². The lowest BCUT2D eigenvalue weighted by Gasteiger charge is -2.15. The third kappa shape index (κ3) is 1.97. The predicted octanol–water partition coefficient (Wildman–Crippen LogP) is 2.52. The van der Waals surface area contributed by atoms with Gasteiger partial charge >= 0.3 is 6.61 Å². The zero-order chi connectivity index (χ0) is 12.7. The van der Waals surface area contributed by atoms with Crippen molar-refractivity contribution in [2.24, 2.45) is 5.73 Å². The van der Waals surface area contributed by atoms with Crippen LogP contribution < -0.4 is 10.5 Å². The van der Waals surface area contributed by atoms with Gasteiger partial charge in [-0.2, -0.15) is 8.78 Å². The lowest BCUT2D eigenvalue weighted by molar-refractivity contribution is -0.0499. The molecule has 0 spiro atoms. The van der Waals surface area contributed by atoms with Crippen LogP contribution in [0.1, 0.15) is 12.0 Å². The Morgan fingerprint density at radius 1 is 1.35 bits per heavy atom. The molecule has 17 heavy (non-hydrogen) atoms. The van der Waals surface area contributed by atoms with Gasteiger partial charge in [0.05, 0.1) is 5.41 Å². The number of ether oxygens (including phenoxy) is 1. The van der Waals surface area contributed by atoms with Crippen molar-refractivity contribution >= 4 is 0 Å². The molecule has 1 aromatic rings. The van der Waals surface area contributed by atoms with E-state index in [0.717, 1.165) is 0 Å². The van der Waals surface area contributed by atoms with Crippen LogP contribution in [0.25, 0.3) is 0 Å². The van der Waals surface area contributed by atoms with E-state index in [9.17, 15) is 17.6 Å². The van der Waals surface area contributed by atoms with Crippen molar-refractivity contribution < 1.29 is 22.3 Å². The molecule has 0 amide bonds. The highest BCUT2D eigenvalue weighted by Gasteiger charge is 2.71. The Kier molecular flexibility index (Phi) is 2.77. The lowest BCUT2D eigenvalue weighted by atomic mass is 9.95. The van der Waals surface area contributed by atoms with Crippen molar-refractivity contribution in [3.63, 3.8) is 0 Å². The molecule has 0 radical (unpaired) electrons. The summed E-state index contributed by atoms with van der Waals surface area (Å²) in [6.07, 6.45) is -0.353. The minimum Gasteiger partial charge on any atom is -0.435 e. The fourth-order valence-electron chi connectivity index (χ4n) is 1.96. The summed E-state index contributed by atoms with van der Waals surface area (Å²) in [4.78, 5) is 0. The van der Waals surface area contributed by atoms with E-state index < -0.39 is 17.9 Å². The number of halogens is 4. The van der Waals surface area contributed by atoms with Gasteiger partial charge in [0, 0.05) is 13.0 Å². The highest BCUT2D eigenvalue weighted by Crippen LogP contribution is 2.61. The fourth-order valence-corrected chi connectivity index (χ4v) is 1.96. The molecule has 1 atom stereocenters. The Bertz CT molecular complexity index is 424. The molecular formula is C11H11F4NO. The van der Waals surface area contributed by atoms with Gasteiger partial charge in [-0.05, 0) is 17.7 Å². The number of hydrogen-bond acceptors (Lipinski definition) is 2. The molecule has 1 unspecified atom stereocenters. The average Bonchev–Trinajstić information content (AvgIpc) is 2.82. The van der Waals surface area contributed by atoms with E-state index in [1.807, 2.05) is 0 Å². The van der Waals surface area contributed by atoms with Gasteiger partial charge < -0.3 is 10.5 Å². The summed E-state index contributed by atoms with van der Waals surface area (Å²) in [7, 11) is 0. The molecule has 0 aromatic heterocycles. The molecular weight excluding hydrogens is 238 g/mol. The highest BCUT2D eigenvalue weighted by atomic mass is 19.3. The fraction of sp³-hybridized carbons (Fsp3) is 0.455. The van der Waals surface area contributed by atoms with E-state index in [1.165, 1.54) is 24.3 Å². The van der Waals surface area contributed by atoms with Crippen LogP contribution >= 0.6 is 0 Å². The zero-order valence-electron chi connectivity index (χ0n) is 8.80. The van der Waals surface area contributed by atoms with E-state index in [-0.39, 0.29) is 24.3 Å². The van der Waals surface area contributed by atoms with Crippen LogP contribution in [0, 0.1) is 0 Å². The minimum atomic E-state index is -2.97. The summed E-state index contributed by atoms with van der Waals surface area (Å²) in [5, 5.41) is 0. The third-order valence-corrected chi connectivity index (χ3v) is 3.06. The smallest absolute Gasteiger partial charge is 0.387 e. The zero-order valence-corrected chi connectivity index (χ0v) is 8.80. The van der Waals surface area contributed by atoms with Crippen LogP contribution in [0.5, 0.6) is 5.75 Å². The Balaban J connectivity index is 2.28. The summed E-state index contributed by atoms with van der Waals surface area (Å²) >= 11 is 0. The van der Waals surface area contributed by atoms with E-state index in [1.54, 1.807) is 0 Å². The largest absolute Gasteiger partial charge is 0.435 e. The quantitative estimate of drug-likeness (QED) is 0.832. The SMILES string of the molecule is NCC1(c2cccc(OC(F)F)c2)CC1(F)F. The van der Waals surface area contributed by atoms with Crippen molar-refractivity contribution in [1.29, 1.82) is 0 Å². The molecule has 94 valence electrons.